The first-order valence-electron chi connectivity index (χ1n) is 6.44. The van der Waals surface area contributed by atoms with Gasteiger partial charge in [-0.1, -0.05) is 47.3 Å². The van der Waals surface area contributed by atoms with Crippen molar-refractivity contribution in [2.75, 3.05) is 13.2 Å². The van der Waals surface area contributed by atoms with Crippen molar-refractivity contribution in [1.29, 1.82) is 0 Å². The molecule has 0 aliphatic heterocycles. The fraction of sp³-hybridized carbons (Fsp3) is 1.00. The average molecular weight is 263 g/mol. The summed E-state index contributed by atoms with van der Waals surface area (Å²) in [6, 6.07) is 0. The molecule has 0 amide bonds. The number of hydrogen-bond donors (Lipinski definition) is 0. The lowest BCUT2D eigenvalue weighted by atomic mass is 10.2. The van der Waals surface area contributed by atoms with E-state index in [2.05, 4.69) is 47.3 Å². The van der Waals surface area contributed by atoms with Crippen LogP contribution in [0.5, 0.6) is 0 Å². The molecule has 0 atom stereocenters. The Hall–Kier alpha value is 0.354. The molecule has 0 heterocycles. The maximum atomic E-state index is 5.98. The van der Waals surface area contributed by atoms with E-state index in [0.29, 0.717) is 11.8 Å². The van der Waals surface area contributed by atoms with Gasteiger partial charge in [-0.2, -0.15) is 0 Å². The molecule has 4 heteroatoms. The highest BCUT2D eigenvalue weighted by Crippen LogP contribution is 2.14. The minimum absolute atomic E-state index is 0.610. The van der Waals surface area contributed by atoms with Crippen LogP contribution in [-0.4, -0.2) is 30.6 Å². The van der Waals surface area contributed by atoms with Gasteiger partial charge in [0.2, 0.25) is 0 Å². The first-order chi connectivity index (χ1) is 7.20. The fourth-order valence-corrected chi connectivity index (χ4v) is 7.50. The SMILES string of the molecule is CC(C)CO[SiH](C[Si](C)(C)C)OCC(C)C. The molecule has 0 saturated heterocycles. The molecular weight excluding hydrogens is 232 g/mol. The van der Waals surface area contributed by atoms with E-state index in [9.17, 15) is 0 Å². The van der Waals surface area contributed by atoms with Crippen molar-refractivity contribution in [3.63, 3.8) is 0 Å². The molecule has 0 aliphatic rings. The lowest BCUT2D eigenvalue weighted by molar-refractivity contribution is 0.166. The predicted molar refractivity (Wildman–Crippen MR) is 76.9 cm³/mol. The zero-order chi connectivity index (χ0) is 12.8. The van der Waals surface area contributed by atoms with E-state index in [1.165, 1.54) is 5.67 Å². The lowest BCUT2D eigenvalue weighted by Crippen LogP contribution is -2.36. The summed E-state index contributed by atoms with van der Waals surface area (Å²) in [5.74, 6) is 1.22. The monoisotopic (exact) mass is 262 g/mol. The van der Waals surface area contributed by atoms with Crippen LogP contribution in [0.2, 0.25) is 25.3 Å². The molecule has 0 rings (SSSR count). The van der Waals surface area contributed by atoms with Crippen LogP contribution >= 0.6 is 0 Å². The van der Waals surface area contributed by atoms with Crippen LogP contribution in [0, 0.1) is 11.8 Å². The van der Waals surface area contributed by atoms with E-state index in [1.807, 2.05) is 0 Å². The van der Waals surface area contributed by atoms with Gasteiger partial charge in [0.15, 0.2) is 0 Å². The Kier molecular flexibility index (Phi) is 7.80. The minimum Gasteiger partial charge on any atom is -0.396 e. The summed E-state index contributed by atoms with van der Waals surface area (Å²) in [7, 11) is -2.46. The molecule has 2 nitrogen and oxygen atoms in total. The predicted octanol–water partition coefficient (Wildman–Crippen LogP) is 3.43. The quantitative estimate of drug-likeness (QED) is 0.624. The minimum atomic E-state index is -1.41. The third kappa shape index (κ3) is 10.9. The molecule has 0 aromatic rings. The van der Waals surface area contributed by atoms with Crippen molar-refractivity contribution < 1.29 is 8.85 Å². The van der Waals surface area contributed by atoms with Gasteiger partial charge in [0.05, 0.1) is 0 Å². The summed E-state index contributed by atoms with van der Waals surface area (Å²) in [4.78, 5) is 0. The molecule has 98 valence electrons. The van der Waals surface area contributed by atoms with Crippen LogP contribution in [0.3, 0.4) is 0 Å². The van der Waals surface area contributed by atoms with Crippen LogP contribution in [-0.2, 0) is 8.85 Å². The first kappa shape index (κ1) is 16.4. The Morgan fingerprint density at radius 3 is 1.50 bits per heavy atom. The van der Waals surface area contributed by atoms with E-state index in [0.717, 1.165) is 13.2 Å². The van der Waals surface area contributed by atoms with Gasteiger partial charge in [0.25, 0.3) is 0 Å². The molecule has 16 heavy (non-hydrogen) atoms. The number of hydrogen-bond acceptors (Lipinski definition) is 2. The summed E-state index contributed by atoms with van der Waals surface area (Å²) in [5.41, 5.74) is 1.23. The summed E-state index contributed by atoms with van der Waals surface area (Å²) in [6.45, 7) is 17.7. The van der Waals surface area contributed by atoms with E-state index in [-0.39, 0.29) is 0 Å². The lowest BCUT2D eigenvalue weighted by Gasteiger charge is -2.24. The summed E-state index contributed by atoms with van der Waals surface area (Å²) >= 11 is 0. The molecule has 0 spiro atoms. The summed E-state index contributed by atoms with van der Waals surface area (Å²) in [5, 5.41) is 0. The Morgan fingerprint density at radius 2 is 1.25 bits per heavy atom. The first-order valence-corrected chi connectivity index (χ1v) is 11.9. The van der Waals surface area contributed by atoms with Crippen molar-refractivity contribution in [2.24, 2.45) is 11.8 Å². The van der Waals surface area contributed by atoms with E-state index in [1.54, 1.807) is 0 Å². The summed E-state index contributed by atoms with van der Waals surface area (Å²) < 4.78 is 12.0. The molecule has 0 aliphatic carbocycles. The van der Waals surface area contributed by atoms with Crippen LogP contribution < -0.4 is 0 Å². The molecule has 0 saturated carbocycles. The topological polar surface area (TPSA) is 18.5 Å². The van der Waals surface area contributed by atoms with Crippen molar-refractivity contribution >= 4 is 17.4 Å². The standard InChI is InChI=1S/C12H30O2Si2/c1-11(2)8-13-15(10-16(5,6)7)14-9-12(3)4/h11-12,15H,8-10H2,1-7H3. The zero-order valence-electron chi connectivity index (χ0n) is 12.2. The molecule has 0 aromatic carbocycles. The van der Waals surface area contributed by atoms with Crippen LogP contribution in [0.4, 0.5) is 0 Å². The van der Waals surface area contributed by atoms with Crippen molar-refractivity contribution in [3.8, 4) is 0 Å². The second kappa shape index (κ2) is 7.64. The van der Waals surface area contributed by atoms with Gasteiger partial charge in [0, 0.05) is 21.3 Å². The van der Waals surface area contributed by atoms with Crippen molar-refractivity contribution in [2.45, 2.75) is 53.0 Å². The Balaban J connectivity index is 4.05. The largest absolute Gasteiger partial charge is 0.396 e. The highest BCUT2D eigenvalue weighted by molar-refractivity contribution is 6.84. The third-order valence-electron chi connectivity index (χ3n) is 2.01. The summed E-state index contributed by atoms with van der Waals surface area (Å²) in [6.07, 6.45) is 0. The van der Waals surface area contributed by atoms with Gasteiger partial charge in [-0.3, -0.25) is 0 Å². The smallest absolute Gasteiger partial charge is 0.318 e. The van der Waals surface area contributed by atoms with Crippen LogP contribution in [0.1, 0.15) is 27.7 Å². The van der Waals surface area contributed by atoms with E-state index in [4.69, 9.17) is 8.85 Å². The van der Waals surface area contributed by atoms with Gasteiger partial charge in [-0.05, 0) is 17.5 Å². The van der Waals surface area contributed by atoms with Gasteiger partial charge in [-0.15, -0.1) is 0 Å². The molecule has 0 aromatic heterocycles. The Labute approximate surface area is 105 Å². The molecule has 0 N–H and O–H groups in total. The molecule has 0 radical (unpaired) electrons. The van der Waals surface area contributed by atoms with Gasteiger partial charge < -0.3 is 8.85 Å². The van der Waals surface area contributed by atoms with Crippen molar-refractivity contribution in [1.82, 2.24) is 0 Å². The Morgan fingerprint density at radius 1 is 0.875 bits per heavy atom. The highest BCUT2D eigenvalue weighted by atomic mass is 28.4. The number of rotatable bonds is 8. The van der Waals surface area contributed by atoms with Crippen molar-refractivity contribution in [3.05, 3.63) is 0 Å². The van der Waals surface area contributed by atoms with E-state index >= 15 is 0 Å². The molecule has 0 bridgehead atoms. The van der Waals surface area contributed by atoms with Gasteiger partial charge in [-0.25, -0.2) is 0 Å². The maximum Gasteiger partial charge on any atom is 0.318 e. The second-order valence-corrected chi connectivity index (χ2v) is 14.9. The third-order valence-corrected chi connectivity index (χ3v) is 9.37. The molecule has 0 fully saturated rings. The highest BCUT2D eigenvalue weighted by Gasteiger charge is 2.24. The van der Waals surface area contributed by atoms with Crippen LogP contribution in [0.25, 0.3) is 0 Å². The average Bonchev–Trinajstić information content (AvgIpc) is 2.07. The zero-order valence-corrected chi connectivity index (χ0v) is 14.3. The fourth-order valence-electron chi connectivity index (χ4n) is 1.27. The maximum absolute atomic E-state index is 5.98. The van der Waals surface area contributed by atoms with Gasteiger partial charge >= 0.3 is 9.28 Å². The second-order valence-electron chi connectivity index (χ2n) is 6.65. The van der Waals surface area contributed by atoms with Crippen LogP contribution in [0.15, 0.2) is 0 Å². The van der Waals surface area contributed by atoms with Gasteiger partial charge in [0.1, 0.15) is 0 Å². The Bertz CT molecular complexity index is 164. The molecule has 0 unspecified atom stereocenters. The normalized spacial score (nSPS) is 13.1. The molecular formula is C12H30O2Si2. The van der Waals surface area contributed by atoms with E-state index < -0.39 is 17.4 Å².